The summed E-state index contributed by atoms with van der Waals surface area (Å²) in [4.78, 5) is 27.5. The first kappa shape index (κ1) is 22.6. The molecule has 1 aliphatic rings. The molecule has 1 aliphatic heterocycles. The molecule has 7 heteroatoms. The number of benzene rings is 3. The molecule has 3 aromatic rings. The zero-order chi connectivity index (χ0) is 23.7. The third-order valence-electron chi connectivity index (χ3n) is 5.39. The number of anilines is 1. The lowest BCUT2D eigenvalue weighted by molar-refractivity contribution is -0.132. The first-order chi connectivity index (χ1) is 15.8. The van der Waals surface area contributed by atoms with Crippen molar-refractivity contribution in [3.8, 4) is 5.75 Å². The van der Waals surface area contributed by atoms with E-state index in [2.05, 4.69) is 0 Å². The van der Waals surface area contributed by atoms with E-state index in [0.717, 1.165) is 5.56 Å². The Kier molecular flexibility index (Phi) is 6.20. The summed E-state index contributed by atoms with van der Waals surface area (Å²) in [7, 11) is 0. The van der Waals surface area contributed by atoms with Gasteiger partial charge in [-0.2, -0.15) is 0 Å². The molecule has 0 aromatic heterocycles. The van der Waals surface area contributed by atoms with Gasteiger partial charge in [0.15, 0.2) is 0 Å². The lowest BCUT2D eigenvalue weighted by Gasteiger charge is -2.25. The summed E-state index contributed by atoms with van der Waals surface area (Å²) in [5.74, 6) is -2.28. The van der Waals surface area contributed by atoms with E-state index < -0.39 is 29.3 Å². The standard InChI is InChI=1S/C26H21ClFNO4/c1-3-33-19-10-11-21(27)20(14-19)24(30)22-23(16-7-4-6-15(2)12-16)29(26(32)25(22)31)18-9-5-8-17(28)13-18/h4-14,23,30H,3H2,1-2H3/b24-22+. The Hall–Kier alpha value is -3.64. The number of aliphatic hydroxyl groups excluding tert-OH is 1. The first-order valence-electron chi connectivity index (χ1n) is 10.4. The van der Waals surface area contributed by atoms with Gasteiger partial charge in [-0.25, -0.2) is 4.39 Å². The molecular weight excluding hydrogens is 445 g/mol. The number of hydrogen-bond acceptors (Lipinski definition) is 4. The van der Waals surface area contributed by atoms with Crippen molar-refractivity contribution >= 4 is 34.7 Å². The molecule has 1 fully saturated rings. The van der Waals surface area contributed by atoms with Gasteiger partial charge in [0, 0.05) is 11.3 Å². The summed E-state index contributed by atoms with van der Waals surface area (Å²) < 4.78 is 19.5. The highest BCUT2D eigenvalue weighted by atomic mass is 35.5. The third-order valence-corrected chi connectivity index (χ3v) is 5.72. The summed E-state index contributed by atoms with van der Waals surface area (Å²) in [5, 5.41) is 11.5. The van der Waals surface area contributed by atoms with Gasteiger partial charge >= 0.3 is 0 Å². The van der Waals surface area contributed by atoms with Gasteiger partial charge in [-0.1, -0.05) is 47.5 Å². The van der Waals surface area contributed by atoms with Crippen molar-refractivity contribution in [1.82, 2.24) is 0 Å². The predicted molar refractivity (Wildman–Crippen MR) is 125 cm³/mol. The second-order valence-corrected chi connectivity index (χ2v) is 8.04. The maximum atomic E-state index is 14.0. The van der Waals surface area contributed by atoms with Gasteiger partial charge in [-0.3, -0.25) is 14.5 Å². The number of ether oxygens (including phenoxy) is 1. The minimum Gasteiger partial charge on any atom is -0.507 e. The van der Waals surface area contributed by atoms with Crippen molar-refractivity contribution in [1.29, 1.82) is 0 Å². The molecule has 5 nitrogen and oxygen atoms in total. The Labute approximate surface area is 195 Å². The van der Waals surface area contributed by atoms with Crippen LogP contribution < -0.4 is 9.64 Å². The molecule has 0 bridgehead atoms. The highest BCUT2D eigenvalue weighted by Crippen LogP contribution is 2.43. The average Bonchev–Trinajstić information content (AvgIpc) is 3.05. The number of carbonyl (C=O) groups is 2. The largest absolute Gasteiger partial charge is 0.507 e. The predicted octanol–water partition coefficient (Wildman–Crippen LogP) is 5.81. The summed E-state index contributed by atoms with van der Waals surface area (Å²) in [5.41, 5.74) is 1.73. The minimum absolute atomic E-state index is 0.134. The number of hydrogen-bond donors (Lipinski definition) is 1. The average molecular weight is 466 g/mol. The fourth-order valence-corrected chi connectivity index (χ4v) is 4.17. The molecule has 0 saturated carbocycles. The number of ketones is 1. The van der Waals surface area contributed by atoms with Crippen LogP contribution in [0.15, 0.2) is 72.3 Å². The van der Waals surface area contributed by atoms with E-state index in [1.165, 1.54) is 29.2 Å². The van der Waals surface area contributed by atoms with Crippen LogP contribution in [-0.2, 0) is 9.59 Å². The van der Waals surface area contributed by atoms with Crippen LogP contribution in [-0.4, -0.2) is 23.4 Å². The molecule has 1 N–H and O–H groups in total. The van der Waals surface area contributed by atoms with Gasteiger partial charge in [-0.15, -0.1) is 0 Å². The molecule has 0 radical (unpaired) electrons. The molecule has 1 saturated heterocycles. The lowest BCUT2D eigenvalue weighted by Crippen LogP contribution is -2.29. The molecule has 0 spiro atoms. The number of aryl methyl sites for hydroxylation is 1. The van der Waals surface area contributed by atoms with Crippen molar-refractivity contribution in [2.45, 2.75) is 19.9 Å². The summed E-state index contributed by atoms with van der Waals surface area (Å²) in [6.45, 7) is 4.09. The normalized spacial score (nSPS) is 17.5. The molecule has 33 heavy (non-hydrogen) atoms. The number of Topliss-reactive ketones (excluding diaryl/α,β-unsaturated/α-hetero) is 1. The van der Waals surface area contributed by atoms with Crippen LogP contribution in [0, 0.1) is 12.7 Å². The molecule has 3 aromatic carbocycles. The zero-order valence-electron chi connectivity index (χ0n) is 18.0. The maximum Gasteiger partial charge on any atom is 0.300 e. The Morgan fingerprint density at radius 1 is 1.09 bits per heavy atom. The van der Waals surface area contributed by atoms with Gasteiger partial charge in [0.05, 0.1) is 23.2 Å². The number of carbonyl (C=O) groups excluding carboxylic acids is 2. The van der Waals surface area contributed by atoms with E-state index in [-0.39, 0.29) is 21.8 Å². The first-order valence-corrected chi connectivity index (χ1v) is 10.8. The van der Waals surface area contributed by atoms with E-state index in [0.29, 0.717) is 17.9 Å². The van der Waals surface area contributed by atoms with Gasteiger partial charge in [0.25, 0.3) is 11.7 Å². The fraction of sp³-hybridized carbons (Fsp3) is 0.154. The monoisotopic (exact) mass is 465 g/mol. The zero-order valence-corrected chi connectivity index (χ0v) is 18.8. The molecule has 0 aliphatic carbocycles. The van der Waals surface area contributed by atoms with Crippen molar-refractivity contribution in [2.75, 3.05) is 11.5 Å². The van der Waals surface area contributed by atoms with Crippen LogP contribution in [0.5, 0.6) is 5.75 Å². The molecule has 1 heterocycles. The number of amides is 1. The van der Waals surface area contributed by atoms with Crippen LogP contribution >= 0.6 is 11.6 Å². The number of nitrogens with zero attached hydrogens (tertiary/aromatic N) is 1. The SMILES string of the molecule is CCOc1ccc(Cl)c(/C(O)=C2\C(=O)C(=O)N(c3cccc(F)c3)C2c2cccc(C)c2)c1. The molecule has 4 rings (SSSR count). The Bertz CT molecular complexity index is 1290. The number of halogens is 2. The Balaban J connectivity index is 1.97. The van der Waals surface area contributed by atoms with Crippen molar-refractivity contribution < 1.29 is 23.8 Å². The van der Waals surface area contributed by atoms with Crippen LogP contribution in [0.2, 0.25) is 5.02 Å². The van der Waals surface area contributed by atoms with Crippen LogP contribution in [0.4, 0.5) is 10.1 Å². The van der Waals surface area contributed by atoms with Crippen molar-refractivity contribution in [2.24, 2.45) is 0 Å². The van der Waals surface area contributed by atoms with Crippen LogP contribution in [0.25, 0.3) is 5.76 Å². The lowest BCUT2D eigenvalue weighted by atomic mass is 9.94. The molecular formula is C26H21ClFNO4. The summed E-state index contributed by atoms with van der Waals surface area (Å²) in [6, 6.07) is 16.4. The second kappa shape index (κ2) is 9.08. The minimum atomic E-state index is -0.974. The number of aliphatic hydroxyl groups is 1. The summed E-state index contributed by atoms with van der Waals surface area (Å²) >= 11 is 6.34. The third kappa shape index (κ3) is 4.22. The van der Waals surface area contributed by atoms with Gasteiger partial charge in [0.1, 0.15) is 17.3 Å². The van der Waals surface area contributed by atoms with Gasteiger partial charge in [0.2, 0.25) is 0 Å². The Morgan fingerprint density at radius 3 is 2.55 bits per heavy atom. The Morgan fingerprint density at radius 2 is 1.85 bits per heavy atom. The van der Waals surface area contributed by atoms with Gasteiger partial charge in [-0.05, 0) is 55.8 Å². The van der Waals surface area contributed by atoms with Crippen LogP contribution in [0.1, 0.15) is 29.7 Å². The van der Waals surface area contributed by atoms with Crippen molar-refractivity contribution in [3.63, 3.8) is 0 Å². The molecule has 1 unspecified atom stereocenters. The van der Waals surface area contributed by atoms with E-state index in [1.807, 2.05) is 26.0 Å². The highest BCUT2D eigenvalue weighted by Gasteiger charge is 2.47. The number of rotatable bonds is 5. The van der Waals surface area contributed by atoms with E-state index in [4.69, 9.17) is 16.3 Å². The second-order valence-electron chi connectivity index (χ2n) is 7.64. The molecule has 168 valence electrons. The fourth-order valence-electron chi connectivity index (χ4n) is 3.97. The van der Waals surface area contributed by atoms with E-state index >= 15 is 0 Å². The van der Waals surface area contributed by atoms with Crippen LogP contribution in [0.3, 0.4) is 0 Å². The smallest absolute Gasteiger partial charge is 0.300 e. The van der Waals surface area contributed by atoms with Gasteiger partial charge < -0.3 is 9.84 Å². The highest BCUT2D eigenvalue weighted by molar-refractivity contribution is 6.52. The maximum absolute atomic E-state index is 14.0. The quantitative estimate of drug-likeness (QED) is 0.293. The van der Waals surface area contributed by atoms with E-state index in [9.17, 15) is 19.1 Å². The van der Waals surface area contributed by atoms with Crippen molar-refractivity contribution in [3.05, 3.63) is 99.8 Å². The molecule has 1 amide bonds. The topological polar surface area (TPSA) is 66.8 Å². The summed E-state index contributed by atoms with van der Waals surface area (Å²) in [6.07, 6.45) is 0. The van der Waals surface area contributed by atoms with E-state index in [1.54, 1.807) is 30.3 Å². The molecule has 1 atom stereocenters.